The maximum atomic E-state index is 10.6. The van der Waals surface area contributed by atoms with Gasteiger partial charge in [-0.15, -0.1) is 0 Å². The van der Waals surface area contributed by atoms with E-state index >= 15 is 0 Å². The van der Waals surface area contributed by atoms with Crippen LogP contribution in [0.5, 0.6) is 0 Å². The van der Waals surface area contributed by atoms with Crippen molar-refractivity contribution in [1.29, 1.82) is 5.41 Å². The monoisotopic (exact) mass is 193 g/mol. The summed E-state index contributed by atoms with van der Waals surface area (Å²) in [6.07, 6.45) is 0. The van der Waals surface area contributed by atoms with Crippen LogP contribution in [0, 0.1) is 15.5 Å². The van der Waals surface area contributed by atoms with E-state index in [4.69, 9.17) is 5.41 Å². The summed E-state index contributed by atoms with van der Waals surface area (Å²) in [5, 5.41) is 18.3. The molecule has 1 aromatic carbocycles. The number of rotatable bonds is 2. The molecule has 0 bridgehead atoms. The van der Waals surface area contributed by atoms with Gasteiger partial charge in [-0.3, -0.25) is 15.5 Å². The van der Waals surface area contributed by atoms with E-state index < -0.39 is 4.92 Å². The van der Waals surface area contributed by atoms with E-state index in [1.807, 2.05) is 0 Å². The van der Waals surface area contributed by atoms with Gasteiger partial charge in [-0.25, -0.2) is 0 Å². The van der Waals surface area contributed by atoms with Gasteiger partial charge in [0.2, 0.25) is 0 Å². The molecule has 0 saturated carbocycles. The molecule has 0 radical (unpaired) electrons. The number of amidine groups is 1. The maximum Gasteiger partial charge on any atom is 0.280 e. The van der Waals surface area contributed by atoms with Gasteiger partial charge < -0.3 is 4.90 Å². The largest absolute Gasteiger partial charge is 0.363 e. The summed E-state index contributed by atoms with van der Waals surface area (Å²) in [7, 11) is 3.36. The Kier molecular flexibility index (Phi) is 2.81. The third-order valence-corrected chi connectivity index (χ3v) is 1.80. The Morgan fingerprint density at radius 3 is 2.50 bits per heavy atom. The smallest absolute Gasteiger partial charge is 0.280 e. The quantitative estimate of drug-likeness (QED) is 0.334. The zero-order valence-electron chi connectivity index (χ0n) is 8.02. The zero-order valence-corrected chi connectivity index (χ0v) is 8.02. The molecule has 0 heterocycles. The van der Waals surface area contributed by atoms with E-state index in [-0.39, 0.29) is 11.5 Å². The molecule has 0 unspecified atom stereocenters. The highest BCUT2D eigenvalue weighted by molar-refractivity contribution is 5.99. The number of nitrogens with one attached hydrogen (secondary N) is 1. The molecule has 5 heteroatoms. The normalized spacial score (nSPS) is 9.57. The highest BCUT2D eigenvalue weighted by Gasteiger charge is 2.16. The van der Waals surface area contributed by atoms with Crippen LogP contribution >= 0.6 is 0 Å². The predicted molar refractivity (Wildman–Crippen MR) is 53.6 cm³/mol. The summed E-state index contributed by atoms with van der Waals surface area (Å²) in [5.74, 6) is 0.136. The van der Waals surface area contributed by atoms with Crippen molar-refractivity contribution in [3.05, 3.63) is 39.9 Å². The molecule has 1 rings (SSSR count). The number of hydrogen-bond acceptors (Lipinski definition) is 3. The second-order valence-corrected chi connectivity index (χ2v) is 3.02. The average Bonchev–Trinajstić information content (AvgIpc) is 2.16. The first-order chi connectivity index (χ1) is 6.54. The van der Waals surface area contributed by atoms with Crippen LogP contribution in [0.3, 0.4) is 0 Å². The molecule has 0 aliphatic carbocycles. The van der Waals surface area contributed by atoms with Crippen molar-refractivity contribution in [2.24, 2.45) is 0 Å². The van der Waals surface area contributed by atoms with Crippen molar-refractivity contribution in [2.45, 2.75) is 0 Å². The first kappa shape index (κ1) is 10.2. The van der Waals surface area contributed by atoms with E-state index in [0.717, 1.165) is 0 Å². The summed E-state index contributed by atoms with van der Waals surface area (Å²) < 4.78 is 0. The minimum atomic E-state index is -0.479. The summed E-state index contributed by atoms with van der Waals surface area (Å²) in [6.45, 7) is 0. The maximum absolute atomic E-state index is 10.6. The van der Waals surface area contributed by atoms with E-state index in [0.29, 0.717) is 5.56 Å². The molecule has 0 aliphatic rings. The Balaban J connectivity index is 3.20. The molecule has 0 amide bonds. The Morgan fingerprint density at radius 1 is 1.43 bits per heavy atom. The molecule has 0 aliphatic heterocycles. The summed E-state index contributed by atoms with van der Waals surface area (Å²) in [4.78, 5) is 11.7. The average molecular weight is 193 g/mol. The van der Waals surface area contributed by atoms with Crippen LogP contribution in [0.25, 0.3) is 0 Å². The number of benzene rings is 1. The van der Waals surface area contributed by atoms with E-state index in [1.165, 1.54) is 11.0 Å². The molecular weight excluding hydrogens is 182 g/mol. The van der Waals surface area contributed by atoms with Crippen molar-refractivity contribution in [2.75, 3.05) is 14.1 Å². The SMILES string of the molecule is CN(C)C(=N)c1ccccc1[N+](=O)[O-]. The molecular formula is C9H11N3O2. The molecule has 74 valence electrons. The summed E-state index contributed by atoms with van der Waals surface area (Å²) in [6, 6.07) is 6.23. The fraction of sp³-hybridized carbons (Fsp3) is 0.222. The number of hydrogen-bond donors (Lipinski definition) is 1. The van der Waals surface area contributed by atoms with Crippen molar-refractivity contribution in [1.82, 2.24) is 4.90 Å². The summed E-state index contributed by atoms with van der Waals surface area (Å²) in [5.41, 5.74) is 0.300. The fourth-order valence-electron chi connectivity index (χ4n) is 1.07. The molecule has 0 spiro atoms. The molecule has 0 atom stereocenters. The topological polar surface area (TPSA) is 70.2 Å². The lowest BCUT2D eigenvalue weighted by atomic mass is 10.1. The Hall–Kier alpha value is -1.91. The number of nitro benzene ring substituents is 1. The number of para-hydroxylation sites is 1. The standard InChI is InChI=1S/C9H11N3O2/c1-11(2)9(10)7-5-3-4-6-8(7)12(13)14/h3-6,10H,1-2H3. The molecule has 0 fully saturated rings. The van der Waals surface area contributed by atoms with Gasteiger partial charge in [0.15, 0.2) is 0 Å². The second-order valence-electron chi connectivity index (χ2n) is 3.02. The third-order valence-electron chi connectivity index (χ3n) is 1.80. The van der Waals surface area contributed by atoms with Gasteiger partial charge >= 0.3 is 0 Å². The molecule has 14 heavy (non-hydrogen) atoms. The van der Waals surface area contributed by atoms with Gasteiger partial charge in [-0.1, -0.05) is 12.1 Å². The molecule has 1 N–H and O–H groups in total. The van der Waals surface area contributed by atoms with Crippen LogP contribution in [0.4, 0.5) is 5.69 Å². The van der Waals surface area contributed by atoms with Crippen LogP contribution in [-0.4, -0.2) is 29.8 Å². The van der Waals surface area contributed by atoms with E-state index in [9.17, 15) is 10.1 Å². The van der Waals surface area contributed by atoms with Gasteiger partial charge in [0.05, 0.1) is 10.5 Å². The van der Waals surface area contributed by atoms with Crippen LogP contribution in [0.1, 0.15) is 5.56 Å². The lowest BCUT2D eigenvalue weighted by Gasteiger charge is -2.13. The van der Waals surface area contributed by atoms with Crippen molar-refractivity contribution in [3.63, 3.8) is 0 Å². The van der Waals surface area contributed by atoms with Gasteiger partial charge in [0.25, 0.3) is 5.69 Å². The molecule has 0 aromatic heterocycles. The zero-order chi connectivity index (χ0) is 10.7. The fourth-order valence-corrected chi connectivity index (χ4v) is 1.07. The lowest BCUT2D eigenvalue weighted by Crippen LogP contribution is -2.22. The van der Waals surface area contributed by atoms with Crippen LogP contribution in [0.2, 0.25) is 0 Å². The minimum absolute atomic E-state index is 0.0359. The second kappa shape index (κ2) is 3.87. The van der Waals surface area contributed by atoms with Crippen molar-refractivity contribution in [3.8, 4) is 0 Å². The first-order valence-electron chi connectivity index (χ1n) is 4.03. The lowest BCUT2D eigenvalue weighted by molar-refractivity contribution is -0.385. The Morgan fingerprint density at radius 2 is 2.00 bits per heavy atom. The van der Waals surface area contributed by atoms with Crippen molar-refractivity contribution < 1.29 is 4.92 Å². The minimum Gasteiger partial charge on any atom is -0.363 e. The van der Waals surface area contributed by atoms with Crippen LogP contribution in [-0.2, 0) is 0 Å². The predicted octanol–water partition coefficient (Wildman–Crippen LogP) is 1.48. The summed E-state index contributed by atoms with van der Waals surface area (Å²) >= 11 is 0. The number of nitrogens with zero attached hydrogens (tertiary/aromatic N) is 2. The highest BCUT2D eigenvalue weighted by atomic mass is 16.6. The third kappa shape index (κ3) is 1.87. The van der Waals surface area contributed by atoms with Crippen LogP contribution < -0.4 is 0 Å². The van der Waals surface area contributed by atoms with E-state index in [2.05, 4.69) is 0 Å². The Labute approximate surface area is 81.6 Å². The molecule has 0 saturated heterocycles. The molecule has 5 nitrogen and oxygen atoms in total. The van der Waals surface area contributed by atoms with E-state index in [1.54, 1.807) is 32.3 Å². The van der Waals surface area contributed by atoms with Crippen LogP contribution in [0.15, 0.2) is 24.3 Å². The molecule has 1 aromatic rings. The first-order valence-corrected chi connectivity index (χ1v) is 4.03. The highest BCUT2D eigenvalue weighted by Crippen LogP contribution is 2.18. The van der Waals surface area contributed by atoms with Gasteiger partial charge in [-0.05, 0) is 6.07 Å². The van der Waals surface area contributed by atoms with Gasteiger partial charge in [0.1, 0.15) is 5.84 Å². The Bertz CT molecular complexity index is 374. The number of nitro groups is 1. The van der Waals surface area contributed by atoms with Gasteiger partial charge in [-0.2, -0.15) is 0 Å². The van der Waals surface area contributed by atoms with Gasteiger partial charge in [0, 0.05) is 20.2 Å². The van der Waals surface area contributed by atoms with Crippen molar-refractivity contribution >= 4 is 11.5 Å².